The fraction of sp³-hybridized carbons (Fsp3) is 0.417. The molecule has 2 fully saturated rings. The zero-order valence-electron chi connectivity index (χ0n) is 12.6. The van der Waals surface area contributed by atoms with E-state index in [2.05, 4.69) is 4.28 Å². The number of nitrogens with zero attached hydrogens (tertiary/aromatic N) is 3. The van der Waals surface area contributed by atoms with Gasteiger partial charge in [0.1, 0.15) is 6.04 Å². The van der Waals surface area contributed by atoms with Gasteiger partial charge in [0.25, 0.3) is 11.8 Å². The Bertz CT molecular complexity index is 809. The number of nitrogens with two attached hydrogens (primary N) is 1. The molecule has 2 aliphatic rings. The van der Waals surface area contributed by atoms with Gasteiger partial charge < -0.3 is 4.90 Å². The molecule has 3 rings (SSSR count). The van der Waals surface area contributed by atoms with E-state index in [0.29, 0.717) is 10.1 Å². The molecule has 2 saturated heterocycles. The first-order valence-electron chi connectivity index (χ1n) is 7.12. The molecule has 3 heterocycles. The van der Waals surface area contributed by atoms with Crippen molar-refractivity contribution in [3.63, 3.8) is 0 Å². The molecule has 0 radical (unpaired) electrons. The Morgan fingerprint density at radius 3 is 2.72 bits per heavy atom. The highest BCUT2D eigenvalue weighted by atomic mass is 32.3. The Hall–Kier alpha value is -2.06. The zero-order chi connectivity index (χ0) is 18.4. The third-order valence-corrected chi connectivity index (χ3v) is 5.18. The Balaban J connectivity index is 1.75. The van der Waals surface area contributed by atoms with Crippen molar-refractivity contribution >= 4 is 39.6 Å². The summed E-state index contributed by atoms with van der Waals surface area (Å²) in [6, 6.07) is 0.608. The number of piperidine rings is 1. The first kappa shape index (κ1) is 17.8. The maximum absolute atomic E-state index is 12.5. The first-order valence-corrected chi connectivity index (χ1v) is 9.37. The molecule has 2 atom stereocenters. The molecule has 11 nitrogen and oxygen atoms in total. The highest BCUT2D eigenvalue weighted by Crippen LogP contribution is 2.31. The van der Waals surface area contributed by atoms with Crippen LogP contribution in [0.3, 0.4) is 0 Å². The summed E-state index contributed by atoms with van der Waals surface area (Å²) in [7, 11) is -4.87. The molecule has 13 heteroatoms. The van der Waals surface area contributed by atoms with E-state index in [1.165, 1.54) is 6.07 Å². The van der Waals surface area contributed by atoms with Crippen molar-refractivity contribution in [3.05, 3.63) is 22.4 Å². The van der Waals surface area contributed by atoms with Gasteiger partial charge in [0.2, 0.25) is 0 Å². The van der Waals surface area contributed by atoms with Gasteiger partial charge in [-0.25, -0.2) is 15.6 Å². The van der Waals surface area contributed by atoms with Crippen molar-refractivity contribution in [2.45, 2.75) is 24.9 Å². The Morgan fingerprint density at radius 2 is 2.12 bits per heavy atom. The fourth-order valence-corrected chi connectivity index (χ4v) is 3.92. The van der Waals surface area contributed by atoms with Crippen molar-refractivity contribution in [3.8, 4) is 0 Å². The number of thiophene rings is 1. The summed E-state index contributed by atoms with van der Waals surface area (Å²) in [5.41, 5.74) is 0. The van der Waals surface area contributed by atoms with Crippen LogP contribution in [0.4, 0.5) is 4.79 Å². The smallest absolute Gasteiger partial charge is 0.309 e. The minimum absolute atomic E-state index is 0.0196. The molecular weight excluding hydrogens is 376 g/mol. The molecule has 2 aliphatic heterocycles. The van der Waals surface area contributed by atoms with Crippen LogP contribution in [-0.4, -0.2) is 64.4 Å². The third-order valence-electron chi connectivity index (χ3n) is 3.97. The number of fused-ring (bicyclic) bond motifs is 2. The second-order valence-corrected chi connectivity index (χ2v) is 7.45. The van der Waals surface area contributed by atoms with Crippen molar-refractivity contribution in [2.24, 2.45) is 5.84 Å². The first-order chi connectivity index (χ1) is 11.7. The fourth-order valence-electron chi connectivity index (χ4n) is 2.87. The van der Waals surface area contributed by atoms with Crippen molar-refractivity contribution in [1.82, 2.24) is 15.0 Å². The number of hydrazine groups is 1. The molecule has 1 aromatic rings. The summed E-state index contributed by atoms with van der Waals surface area (Å²) < 4.78 is 34.7. The number of amides is 4. The van der Waals surface area contributed by atoms with E-state index in [1.807, 2.05) is 0 Å². The molecule has 4 amide bonds. The van der Waals surface area contributed by atoms with Crippen LogP contribution in [0.15, 0.2) is 17.5 Å². The second kappa shape index (κ2) is 6.34. The topological polar surface area (TPSA) is 151 Å². The van der Waals surface area contributed by atoms with Gasteiger partial charge in [-0.1, -0.05) is 6.07 Å². The molecule has 0 aliphatic carbocycles. The highest BCUT2D eigenvalue weighted by Gasteiger charge is 2.50. The van der Waals surface area contributed by atoms with E-state index in [9.17, 15) is 22.8 Å². The summed E-state index contributed by atoms with van der Waals surface area (Å²) >= 11 is 1.12. The lowest BCUT2D eigenvalue weighted by Crippen LogP contribution is -2.55. The number of carbonyl (C=O) groups is 3. The Morgan fingerprint density at radius 1 is 1.40 bits per heavy atom. The summed E-state index contributed by atoms with van der Waals surface area (Å²) in [5.74, 6) is 4.14. The van der Waals surface area contributed by atoms with Gasteiger partial charge in [-0.3, -0.25) is 14.1 Å². The maximum Gasteiger partial charge on any atom is 0.418 e. The largest absolute Gasteiger partial charge is 0.418 e. The number of carbonyl (C=O) groups excluding carboxylic acids is 3. The maximum atomic E-state index is 12.5. The van der Waals surface area contributed by atoms with Crippen molar-refractivity contribution in [2.75, 3.05) is 6.54 Å². The summed E-state index contributed by atoms with van der Waals surface area (Å²) in [6.45, 7) is 0.0196. The lowest BCUT2D eigenvalue weighted by molar-refractivity contribution is -0.134. The number of imide groups is 1. The number of urea groups is 1. The van der Waals surface area contributed by atoms with Gasteiger partial charge in [0, 0.05) is 6.54 Å². The van der Waals surface area contributed by atoms with Crippen LogP contribution in [0.2, 0.25) is 0 Å². The molecule has 0 saturated carbocycles. The van der Waals surface area contributed by atoms with E-state index in [1.54, 1.807) is 11.4 Å². The molecule has 0 aromatic carbocycles. The molecule has 0 spiro atoms. The predicted octanol–water partition coefficient (Wildman–Crippen LogP) is -0.406. The molecule has 3 N–H and O–H groups in total. The Kier molecular flexibility index (Phi) is 4.51. The van der Waals surface area contributed by atoms with E-state index < -0.39 is 40.3 Å². The average molecular weight is 390 g/mol. The van der Waals surface area contributed by atoms with Crippen LogP contribution in [0.5, 0.6) is 0 Å². The van der Waals surface area contributed by atoms with E-state index in [-0.39, 0.29) is 24.3 Å². The monoisotopic (exact) mass is 390 g/mol. The van der Waals surface area contributed by atoms with Gasteiger partial charge in [0.15, 0.2) is 0 Å². The lowest BCUT2D eigenvalue weighted by Gasteiger charge is -2.31. The average Bonchev–Trinajstić information content (AvgIpc) is 3.16. The SMILES string of the molecule is NN(C(=O)c1cccs1)C(=O)[C@@H]1CC[C@@H]2CN1C(=O)N2OS(=O)(=O)O. The van der Waals surface area contributed by atoms with Gasteiger partial charge in [0.05, 0.1) is 10.9 Å². The second-order valence-electron chi connectivity index (χ2n) is 5.50. The summed E-state index contributed by atoms with van der Waals surface area (Å²) in [4.78, 5) is 38.3. The van der Waals surface area contributed by atoms with Gasteiger partial charge in [-0.15, -0.1) is 15.6 Å². The molecular formula is C12H14N4O7S2. The van der Waals surface area contributed by atoms with Crippen LogP contribution >= 0.6 is 11.3 Å². The standard InChI is InChI=1S/C12H14N4O7S2/c13-15(11(18)9-2-1-5-24-9)10(17)8-4-3-7-6-14(8)12(19)16(7)23-25(20,21)22/h1-2,5,7-8H,3-4,6,13H2,(H,20,21,22)/t7-,8+/m1/s1. The minimum Gasteiger partial charge on any atom is -0.309 e. The molecule has 1 aromatic heterocycles. The van der Waals surface area contributed by atoms with Crippen molar-refractivity contribution < 1.29 is 31.6 Å². The van der Waals surface area contributed by atoms with E-state index in [4.69, 9.17) is 10.4 Å². The zero-order valence-corrected chi connectivity index (χ0v) is 14.3. The molecule has 25 heavy (non-hydrogen) atoms. The van der Waals surface area contributed by atoms with Crippen molar-refractivity contribution in [1.29, 1.82) is 0 Å². The number of hydrogen-bond acceptors (Lipinski definition) is 8. The van der Waals surface area contributed by atoms with Crippen LogP contribution in [0.1, 0.15) is 22.5 Å². The normalized spacial score (nSPS) is 23.0. The van der Waals surface area contributed by atoms with Crippen LogP contribution in [-0.2, 0) is 19.5 Å². The summed E-state index contributed by atoms with van der Waals surface area (Å²) in [6.07, 6.45) is 0.418. The predicted molar refractivity (Wildman–Crippen MR) is 83.1 cm³/mol. The Labute approximate surface area is 146 Å². The van der Waals surface area contributed by atoms with Crippen LogP contribution in [0, 0.1) is 0 Å². The number of hydrogen-bond donors (Lipinski definition) is 2. The van der Waals surface area contributed by atoms with Gasteiger partial charge >= 0.3 is 16.4 Å². The third kappa shape index (κ3) is 3.36. The quantitative estimate of drug-likeness (QED) is 0.232. The lowest BCUT2D eigenvalue weighted by atomic mass is 10.00. The molecule has 0 unspecified atom stereocenters. The molecule has 136 valence electrons. The van der Waals surface area contributed by atoms with E-state index >= 15 is 0 Å². The minimum atomic E-state index is -4.87. The number of hydroxylamine groups is 2. The van der Waals surface area contributed by atoms with Crippen LogP contribution in [0.25, 0.3) is 0 Å². The van der Waals surface area contributed by atoms with E-state index in [0.717, 1.165) is 16.2 Å². The highest BCUT2D eigenvalue weighted by molar-refractivity contribution is 7.80. The molecule has 2 bridgehead atoms. The number of rotatable bonds is 4. The summed E-state index contributed by atoms with van der Waals surface area (Å²) in [5, 5.41) is 2.63. The van der Waals surface area contributed by atoms with Gasteiger partial charge in [-0.2, -0.15) is 13.5 Å². The van der Waals surface area contributed by atoms with Gasteiger partial charge in [-0.05, 0) is 24.3 Å². The van der Waals surface area contributed by atoms with Crippen LogP contribution < -0.4 is 5.84 Å².